The molecule has 0 aromatic rings. The molecule has 3 heterocycles. The summed E-state index contributed by atoms with van der Waals surface area (Å²) in [5.41, 5.74) is -1.11. The second-order valence-corrected chi connectivity index (χ2v) is 7.63. The van der Waals surface area contributed by atoms with Gasteiger partial charge in [0.1, 0.15) is 24.0 Å². The van der Waals surface area contributed by atoms with Crippen LogP contribution in [0.1, 0.15) is 19.8 Å². The van der Waals surface area contributed by atoms with Crippen molar-refractivity contribution in [3.05, 3.63) is 32.9 Å². The number of thiol groups is 1. The highest BCUT2D eigenvalue weighted by Gasteiger charge is 2.50. The van der Waals surface area contributed by atoms with E-state index in [4.69, 9.17) is 4.55 Å². The van der Waals surface area contributed by atoms with Crippen molar-refractivity contribution >= 4 is 40.1 Å². The van der Waals surface area contributed by atoms with Gasteiger partial charge in [-0.05, 0) is 6.92 Å². The summed E-state index contributed by atoms with van der Waals surface area (Å²) >= 11 is 4.14. The summed E-state index contributed by atoms with van der Waals surface area (Å²) in [7, 11) is -4.90. The van der Waals surface area contributed by atoms with Crippen molar-refractivity contribution in [1.29, 1.82) is 0 Å². The first kappa shape index (κ1) is 20.2. The monoisotopic (exact) mass is 434 g/mol. The number of hydrogen-bond acceptors (Lipinski definition) is 9. The number of hydrogen-bond donors (Lipinski definition) is 3. The average molecular weight is 434 g/mol. The molecule has 0 aliphatic carbocycles. The molecule has 28 heavy (non-hydrogen) atoms. The van der Waals surface area contributed by atoms with E-state index in [1.165, 1.54) is 4.90 Å². The van der Waals surface area contributed by atoms with Gasteiger partial charge in [-0.1, -0.05) is 0 Å². The Labute approximate surface area is 163 Å². The van der Waals surface area contributed by atoms with Crippen LogP contribution in [0.15, 0.2) is 27.8 Å². The zero-order valence-corrected chi connectivity index (χ0v) is 15.9. The first-order valence-electron chi connectivity index (χ1n) is 7.77. The molecule has 152 valence electrons. The second kappa shape index (κ2) is 6.84. The summed E-state index contributed by atoms with van der Waals surface area (Å²) in [6.45, 7) is 0.652. The fourth-order valence-corrected chi connectivity index (χ4v) is 4.09. The molecule has 1 amide bonds. The van der Waals surface area contributed by atoms with E-state index in [1.54, 1.807) is 0 Å². The molecule has 0 saturated carbocycles. The minimum Gasteiger partial charge on any atom is -0.477 e. The summed E-state index contributed by atoms with van der Waals surface area (Å²) in [6.07, 6.45) is -1.17. The Hall–Kier alpha value is -2.49. The number of amidine groups is 1. The van der Waals surface area contributed by atoms with Gasteiger partial charge in [0.15, 0.2) is 5.17 Å². The van der Waals surface area contributed by atoms with E-state index in [9.17, 15) is 33.2 Å². The maximum Gasteiger partial charge on any atom is 0.397 e. The highest BCUT2D eigenvalue weighted by Crippen LogP contribution is 2.41. The van der Waals surface area contributed by atoms with Crippen LogP contribution in [-0.2, 0) is 24.2 Å². The van der Waals surface area contributed by atoms with Gasteiger partial charge in [0, 0.05) is 12.8 Å². The van der Waals surface area contributed by atoms with Crippen LogP contribution < -0.4 is 0 Å². The van der Waals surface area contributed by atoms with Crippen molar-refractivity contribution in [3.63, 3.8) is 0 Å². The van der Waals surface area contributed by atoms with Crippen molar-refractivity contribution in [2.45, 2.75) is 31.9 Å². The summed E-state index contributed by atoms with van der Waals surface area (Å²) in [4.78, 5) is 40.2. The second-order valence-electron chi connectivity index (χ2n) is 6.18. The SMILES string of the molecule is C[C@H](OS(=O)(=O)O)C1=C([N+](=O)[O-])CN(C2=C(C(=O)O)N3C(=O)C[C@H]3C2)C(S)=N1. The number of aliphatic carboxylic acids is 1. The molecule has 3 aliphatic rings. The van der Waals surface area contributed by atoms with Gasteiger partial charge in [-0.25, -0.2) is 14.0 Å². The van der Waals surface area contributed by atoms with Crippen molar-refractivity contribution in [3.8, 4) is 0 Å². The molecule has 3 rings (SSSR count). The van der Waals surface area contributed by atoms with Crippen LogP contribution in [0.3, 0.4) is 0 Å². The summed E-state index contributed by atoms with van der Waals surface area (Å²) in [6, 6.07) is -0.346. The van der Waals surface area contributed by atoms with Crippen LogP contribution in [-0.4, -0.2) is 68.5 Å². The Morgan fingerprint density at radius 1 is 1.46 bits per heavy atom. The highest BCUT2D eigenvalue weighted by molar-refractivity contribution is 7.96. The number of nitro groups is 1. The van der Waals surface area contributed by atoms with E-state index >= 15 is 0 Å². The van der Waals surface area contributed by atoms with Gasteiger partial charge in [0.2, 0.25) is 5.91 Å². The van der Waals surface area contributed by atoms with Crippen LogP contribution in [0.4, 0.5) is 0 Å². The number of fused-ring (bicyclic) bond motifs is 1. The number of carboxylic acid groups (broad SMARTS) is 1. The lowest BCUT2D eigenvalue weighted by molar-refractivity contribution is -0.429. The van der Waals surface area contributed by atoms with Crippen molar-refractivity contribution < 1.29 is 36.8 Å². The number of carbonyl (C=O) groups is 2. The lowest BCUT2D eigenvalue weighted by Crippen LogP contribution is -2.49. The third kappa shape index (κ3) is 3.48. The molecule has 1 saturated heterocycles. The fourth-order valence-electron chi connectivity index (χ4n) is 3.33. The smallest absolute Gasteiger partial charge is 0.397 e. The Morgan fingerprint density at radius 2 is 2.11 bits per heavy atom. The van der Waals surface area contributed by atoms with Gasteiger partial charge in [-0.3, -0.25) is 19.5 Å². The Bertz CT molecular complexity index is 984. The number of carboxylic acids is 1. The van der Waals surface area contributed by atoms with Gasteiger partial charge < -0.3 is 14.9 Å². The van der Waals surface area contributed by atoms with E-state index in [1.807, 2.05) is 0 Å². The van der Waals surface area contributed by atoms with E-state index in [0.29, 0.717) is 0 Å². The Morgan fingerprint density at radius 3 is 2.61 bits per heavy atom. The molecule has 0 aromatic carbocycles. The maximum absolute atomic E-state index is 11.7. The minimum absolute atomic E-state index is 0.138. The van der Waals surface area contributed by atoms with Crippen LogP contribution >= 0.6 is 12.6 Å². The lowest BCUT2D eigenvalue weighted by atomic mass is 10.0. The third-order valence-corrected chi connectivity index (χ3v) is 5.33. The van der Waals surface area contributed by atoms with Gasteiger partial charge in [-0.15, -0.1) is 12.6 Å². The van der Waals surface area contributed by atoms with Gasteiger partial charge >= 0.3 is 16.4 Å². The van der Waals surface area contributed by atoms with Crippen LogP contribution in [0.2, 0.25) is 0 Å². The highest BCUT2D eigenvalue weighted by atomic mass is 32.3. The Balaban J connectivity index is 2.00. The fraction of sp³-hybridized carbons (Fsp3) is 0.462. The lowest BCUT2D eigenvalue weighted by Gasteiger charge is -2.34. The molecule has 2 atom stereocenters. The molecule has 0 spiro atoms. The van der Waals surface area contributed by atoms with E-state index < -0.39 is 45.3 Å². The quantitative estimate of drug-likeness (QED) is 0.163. The first-order chi connectivity index (χ1) is 12.9. The molecule has 3 aliphatic heterocycles. The molecule has 0 aromatic heterocycles. The molecular formula is C13H14N4O9S2. The molecule has 1 fully saturated rings. The number of aliphatic imine (C=N–C) groups is 1. The molecule has 0 radical (unpaired) electrons. The molecule has 0 bridgehead atoms. The normalized spacial score (nSPS) is 23.5. The van der Waals surface area contributed by atoms with Crippen molar-refractivity contribution in [1.82, 2.24) is 9.80 Å². The van der Waals surface area contributed by atoms with E-state index in [0.717, 1.165) is 11.8 Å². The van der Waals surface area contributed by atoms with Crippen LogP contribution in [0.5, 0.6) is 0 Å². The number of carbonyl (C=O) groups excluding carboxylic acids is 1. The average Bonchev–Trinajstić information content (AvgIpc) is 2.85. The molecule has 15 heteroatoms. The van der Waals surface area contributed by atoms with Crippen molar-refractivity contribution in [2.75, 3.05) is 6.54 Å². The first-order valence-corrected chi connectivity index (χ1v) is 9.58. The molecule has 0 unspecified atom stereocenters. The molecule has 13 nitrogen and oxygen atoms in total. The van der Waals surface area contributed by atoms with Gasteiger partial charge in [0.25, 0.3) is 5.70 Å². The maximum atomic E-state index is 11.7. The van der Waals surface area contributed by atoms with E-state index in [2.05, 4.69) is 21.8 Å². The number of rotatable bonds is 6. The standard InChI is InChI=1S/C13H14N4O9S2/c1-5(26-28(23,24)25)10-8(17(21)22)4-15(13(27)14-10)7-2-6-3-9(18)16(6)11(7)12(19)20/h5-6H,2-4H2,1H3,(H,14,27)(H,19,20)(H,23,24,25)/t5-,6+/m0/s1. The predicted molar refractivity (Wildman–Crippen MR) is 93.8 cm³/mol. The van der Waals surface area contributed by atoms with Crippen molar-refractivity contribution in [2.24, 2.45) is 4.99 Å². The zero-order valence-electron chi connectivity index (χ0n) is 14.2. The van der Waals surface area contributed by atoms with Gasteiger partial charge in [0.05, 0.1) is 16.7 Å². The molecular weight excluding hydrogens is 420 g/mol. The molecule has 2 N–H and O–H groups in total. The number of β-lactam (4-membered cyclic amide) rings is 1. The predicted octanol–water partition coefficient (Wildman–Crippen LogP) is -0.415. The minimum atomic E-state index is -4.90. The summed E-state index contributed by atoms with van der Waals surface area (Å²) < 4.78 is 34.9. The summed E-state index contributed by atoms with van der Waals surface area (Å²) in [5.74, 6) is -1.74. The largest absolute Gasteiger partial charge is 0.477 e. The zero-order chi connectivity index (χ0) is 21.0. The number of nitrogens with zero attached hydrogens (tertiary/aromatic N) is 4. The van der Waals surface area contributed by atoms with Crippen LogP contribution in [0, 0.1) is 10.1 Å². The third-order valence-electron chi connectivity index (χ3n) is 4.45. The van der Waals surface area contributed by atoms with Crippen LogP contribution in [0.25, 0.3) is 0 Å². The summed E-state index contributed by atoms with van der Waals surface area (Å²) in [5, 5.41) is 20.8. The number of amides is 1. The van der Waals surface area contributed by atoms with Gasteiger partial charge in [-0.2, -0.15) is 8.42 Å². The van der Waals surface area contributed by atoms with E-state index in [-0.39, 0.29) is 41.4 Å². The topological polar surface area (TPSA) is 180 Å². The Kier molecular flexibility index (Phi) is 4.95.